The summed E-state index contributed by atoms with van der Waals surface area (Å²) in [5, 5.41) is 9.40. The number of carboxylic acid groups (broad SMARTS) is 1. The summed E-state index contributed by atoms with van der Waals surface area (Å²) in [5.74, 6) is -0.117. The van der Waals surface area contributed by atoms with Gasteiger partial charge in [0.05, 0.1) is 18.4 Å². The number of nitrogens with two attached hydrogens (primary N) is 1. The fraction of sp³-hybridized carbons (Fsp3) is 0.278. The van der Waals surface area contributed by atoms with Gasteiger partial charge in [0.15, 0.2) is 0 Å². The molecule has 0 radical (unpaired) electrons. The quantitative estimate of drug-likeness (QED) is 0.839. The van der Waals surface area contributed by atoms with E-state index in [0.717, 1.165) is 43.3 Å². The monoisotopic (exact) mass is 327 g/mol. The van der Waals surface area contributed by atoms with E-state index in [1.54, 1.807) is 19.2 Å². The first-order valence-corrected chi connectivity index (χ1v) is 7.85. The zero-order valence-electron chi connectivity index (χ0n) is 13.6. The molecule has 1 fully saturated rings. The molecule has 0 aromatic heterocycles. The Morgan fingerprint density at radius 1 is 1.08 bits per heavy atom. The lowest BCUT2D eigenvalue weighted by Crippen LogP contribution is -2.47. The Morgan fingerprint density at radius 3 is 2.46 bits per heavy atom. The first-order chi connectivity index (χ1) is 11.6. The number of carboxylic acids is 1. The molecular formula is C18H21N3O3. The maximum Gasteiger partial charge on any atom is 0.337 e. The Bertz CT molecular complexity index is 740. The molecule has 0 spiro atoms. The Morgan fingerprint density at radius 2 is 1.79 bits per heavy atom. The lowest BCUT2D eigenvalue weighted by molar-refractivity contribution is 0.0697. The summed E-state index contributed by atoms with van der Waals surface area (Å²) < 4.78 is 5.28. The van der Waals surface area contributed by atoms with Crippen LogP contribution in [0.3, 0.4) is 0 Å². The zero-order valence-corrected chi connectivity index (χ0v) is 13.6. The highest BCUT2D eigenvalue weighted by Crippen LogP contribution is 2.27. The van der Waals surface area contributed by atoms with Crippen molar-refractivity contribution in [3.05, 3.63) is 48.0 Å². The van der Waals surface area contributed by atoms with Crippen LogP contribution in [0.4, 0.5) is 17.1 Å². The van der Waals surface area contributed by atoms with Gasteiger partial charge in [-0.3, -0.25) is 0 Å². The van der Waals surface area contributed by atoms with Crippen molar-refractivity contribution in [3.8, 4) is 5.75 Å². The minimum atomic E-state index is -0.951. The molecule has 24 heavy (non-hydrogen) atoms. The summed E-state index contributed by atoms with van der Waals surface area (Å²) in [6, 6.07) is 13.0. The van der Waals surface area contributed by atoms with Gasteiger partial charge in [-0.05, 0) is 30.3 Å². The molecular weight excluding hydrogens is 306 g/mol. The molecule has 1 saturated heterocycles. The summed E-state index contributed by atoms with van der Waals surface area (Å²) in [7, 11) is 1.66. The second-order valence-electron chi connectivity index (χ2n) is 5.76. The fourth-order valence-corrected chi connectivity index (χ4v) is 3.01. The average Bonchev–Trinajstić information content (AvgIpc) is 2.62. The van der Waals surface area contributed by atoms with Gasteiger partial charge in [0.2, 0.25) is 0 Å². The van der Waals surface area contributed by atoms with E-state index in [1.165, 1.54) is 6.07 Å². The predicted molar refractivity (Wildman–Crippen MR) is 95.2 cm³/mol. The molecule has 0 saturated carbocycles. The molecule has 2 aromatic rings. The Hall–Kier alpha value is -2.89. The van der Waals surface area contributed by atoms with Crippen molar-refractivity contribution in [2.75, 3.05) is 48.8 Å². The van der Waals surface area contributed by atoms with E-state index in [0.29, 0.717) is 5.69 Å². The van der Waals surface area contributed by atoms with Crippen LogP contribution in [-0.4, -0.2) is 44.4 Å². The zero-order chi connectivity index (χ0) is 17.1. The van der Waals surface area contributed by atoms with Crippen LogP contribution in [0, 0.1) is 0 Å². The third kappa shape index (κ3) is 3.22. The number of hydrogen-bond acceptors (Lipinski definition) is 5. The molecule has 0 atom stereocenters. The minimum absolute atomic E-state index is 0.254. The number of aromatic carboxylic acids is 1. The summed E-state index contributed by atoms with van der Waals surface area (Å²) in [6.07, 6.45) is 0. The summed E-state index contributed by atoms with van der Waals surface area (Å²) in [5.41, 5.74) is 8.28. The number of methoxy groups -OCH3 is 1. The van der Waals surface area contributed by atoms with Gasteiger partial charge in [-0.1, -0.05) is 6.07 Å². The molecule has 0 bridgehead atoms. The van der Waals surface area contributed by atoms with Crippen molar-refractivity contribution in [1.29, 1.82) is 0 Å². The number of carbonyl (C=O) groups is 1. The molecule has 3 rings (SSSR count). The number of benzene rings is 2. The first kappa shape index (κ1) is 16.0. The van der Waals surface area contributed by atoms with Crippen LogP contribution in [0.15, 0.2) is 42.5 Å². The summed E-state index contributed by atoms with van der Waals surface area (Å²) in [6.45, 7) is 3.13. The van der Waals surface area contributed by atoms with E-state index in [9.17, 15) is 9.90 Å². The largest absolute Gasteiger partial charge is 0.497 e. The van der Waals surface area contributed by atoms with E-state index in [4.69, 9.17) is 10.5 Å². The normalized spacial score (nSPS) is 14.5. The molecule has 6 nitrogen and oxygen atoms in total. The second-order valence-corrected chi connectivity index (χ2v) is 5.76. The molecule has 0 amide bonds. The Labute approximate surface area is 141 Å². The van der Waals surface area contributed by atoms with Gasteiger partial charge in [-0.25, -0.2) is 4.79 Å². The predicted octanol–water partition coefficient (Wildman–Crippen LogP) is 2.30. The highest BCUT2D eigenvalue weighted by atomic mass is 16.5. The number of nitrogen functional groups attached to an aromatic ring is 1. The van der Waals surface area contributed by atoms with Crippen LogP contribution in [-0.2, 0) is 0 Å². The van der Waals surface area contributed by atoms with Crippen LogP contribution in [0.2, 0.25) is 0 Å². The van der Waals surface area contributed by atoms with E-state index < -0.39 is 5.97 Å². The van der Waals surface area contributed by atoms with Crippen molar-refractivity contribution >= 4 is 23.0 Å². The lowest BCUT2D eigenvalue weighted by Gasteiger charge is -2.38. The summed E-state index contributed by atoms with van der Waals surface area (Å²) in [4.78, 5) is 15.8. The van der Waals surface area contributed by atoms with Crippen LogP contribution in [0.5, 0.6) is 5.75 Å². The van der Waals surface area contributed by atoms with Crippen LogP contribution in [0.1, 0.15) is 10.4 Å². The highest BCUT2D eigenvalue weighted by molar-refractivity contribution is 5.95. The Balaban J connectivity index is 1.74. The van der Waals surface area contributed by atoms with E-state index >= 15 is 0 Å². The maximum absolute atomic E-state index is 11.5. The number of nitrogens with zero attached hydrogens (tertiary/aromatic N) is 2. The van der Waals surface area contributed by atoms with Gasteiger partial charge in [0.1, 0.15) is 5.75 Å². The van der Waals surface area contributed by atoms with Gasteiger partial charge in [0.25, 0.3) is 0 Å². The smallest absolute Gasteiger partial charge is 0.337 e. The van der Waals surface area contributed by atoms with Gasteiger partial charge >= 0.3 is 5.97 Å². The van der Waals surface area contributed by atoms with Gasteiger partial charge in [0, 0.05) is 43.6 Å². The van der Waals surface area contributed by atoms with Gasteiger partial charge in [-0.2, -0.15) is 0 Å². The van der Waals surface area contributed by atoms with E-state index in [1.807, 2.05) is 18.2 Å². The first-order valence-electron chi connectivity index (χ1n) is 7.85. The van der Waals surface area contributed by atoms with Crippen molar-refractivity contribution in [2.45, 2.75) is 0 Å². The number of anilines is 3. The molecule has 2 aromatic carbocycles. The van der Waals surface area contributed by atoms with Gasteiger partial charge < -0.3 is 25.4 Å². The number of ether oxygens (including phenoxy) is 1. The topological polar surface area (TPSA) is 79.0 Å². The van der Waals surface area contributed by atoms with Crippen LogP contribution >= 0.6 is 0 Å². The molecule has 0 aliphatic carbocycles. The number of rotatable bonds is 4. The lowest BCUT2D eigenvalue weighted by atomic mass is 10.1. The fourth-order valence-electron chi connectivity index (χ4n) is 3.01. The highest BCUT2D eigenvalue weighted by Gasteiger charge is 2.22. The number of hydrogen-bond donors (Lipinski definition) is 2. The van der Waals surface area contributed by atoms with Crippen molar-refractivity contribution < 1.29 is 14.6 Å². The molecule has 6 heteroatoms. The number of piperazine rings is 1. The molecule has 0 unspecified atom stereocenters. The third-order valence-electron chi connectivity index (χ3n) is 4.29. The minimum Gasteiger partial charge on any atom is -0.497 e. The molecule has 1 aliphatic heterocycles. The van der Waals surface area contributed by atoms with Crippen molar-refractivity contribution in [1.82, 2.24) is 0 Å². The third-order valence-corrected chi connectivity index (χ3v) is 4.29. The molecule has 3 N–H and O–H groups in total. The second kappa shape index (κ2) is 6.70. The van der Waals surface area contributed by atoms with E-state index in [-0.39, 0.29) is 5.56 Å². The molecule has 126 valence electrons. The van der Waals surface area contributed by atoms with Gasteiger partial charge in [-0.15, -0.1) is 0 Å². The Kier molecular flexibility index (Phi) is 4.46. The average molecular weight is 327 g/mol. The molecule has 1 heterocycles. The molecule has 1 aliphatic rings. The summed E-state index contributed by atoms with van der Waals surface area (Å²) >= 11 is 0. The maximum atomic E-state index is 11.5. The van der Waals surface area contributed by atoms with Crippen molar-refractivity contribution in [2.24, 2.45) is 0 Å². The standard InChI is InChI=1S/C18H21N3O3/c1-24-15-4-2-3-14(12-15)20-7-9-21(10-8-20)17-6-5-13(19)11-16(17)18(22)23/h2-6,11-12H,7-10,19H2,1H3,(H,22,23). The van der Waals surface area contributed by atoms with E-state index in [2.05, 4.69) is 15.9 Å². The van der Waals surface area contributed by atoms with Crippen LogP contribution in [0.25, 0.3) is 0 Å². The SMILES string of the molecule is COc1cccc(N2CCN(c3ccc(N)cc3C(=O)O)CC2)c1. The van der Waals surface area contributed by atoms with Crippen LogP contribution < -0.4 is 20.3 Å². The van der Waals surface area contributed by atoms with Crippen molar-refractivity contribution in [3.63, 3.8) is 0 Å².